The zero-order valence-electron chi connectivity index (χ0n) is 12.0. The first-order valence-electron chi connectivity index (χ1n) is 7.41. The average molecular weight is 277 g/mol. The SMILES string of the molecule is CCCNC(CCOc1ccc2c(c1)CCC2)C(=O)O. The lowest BCUT2D eigenvalue weighted by Gasteiger charge is -2.14. The molecule has 0 aromatic heterocycles. The molecule has 20 heavy (non-hydrogen) atoms. The Hall–Kier alpha value is -1.55. The van der Waals surface area contributed by atoms with Crippen molar-refractivity contribution in [3.8, 4) is 5.75 Å². The number of aryl methyl sites for hydroxylation is 2. The third-order valence-corrected chi connectivity index (χ3v) is 3.68. The second-order valence-corrected chi connectivity index (χ2v) is 5.27. The van der Waals surface area contributed by atoms with Crippen molar-refractivity contribution in [1.82, 2.24) is 5.32 Å². The van der Waals surface area contributed by atoms with Crippen LogP contribution < -0.4 is 10.1 Å². The highest BCUT2D eigenvalue weighted by molar-refractivity contribution is 5.73. The highest BCUT2D eigenvalue weighted by Crippen LogP contribution is 2.26. The number of aliphatic carboxylic acids is 1. The molecule has 0 fully saturated rings. The Morgan fingerprint density at radius 2 is 2.20 bits per heavy atom. The highest BCUT2D eigenvalue weighted by Gasteiger charge is 2.16. The van der Waals surface area contributed by atoms with Crippen molar-refractivity contribution in [2.24, 2.45) is 0 Å². The Morgan fingerprint density at radius 1 is 1.40 bits per heavy atom. The normalized spacial score (nSPS) is 14.8. The summed E-state index contributed by atoms with van der Waals surface area (Å²) in [4.78, 5) is 11.1. The Bertz CT molecular complexity index is 459. The van der Waals surface area contributed by atoms with Crippen molar-refractivity contribution in [3.05, 3.63) is 29.3 Å². The van der Waals surface area contributed by atoms with E-state index in [-0.39, 0.29) is 0 Å². The van der Waals surface area contributed by atoms with Crippen LogP contribution in [0.5, 0.6) is 5.75 Å². The van der Waals surface area contributed by atoms with Crippen LogP contribution in [-0.2, 0) is 17.6 Å². The van der Waals surface area contributed by atoms with Crippen molar-refractivity contribution in [2.45, 2.75) is 45.1 Å². The van der Waals surface area contributed by atoms with Crippen LogP contribution in [0.4, 0.5) is 0 Å². The number of carboxylic acid groups (broad SMARTS) is 1. The van der Waals surface area contributed by atoms with Crippen LogP contribution in [-0.4, -0.2) is 30.3 Å². The van der Waals surface area contributed by atoms with E-state index in [0.717, 1.165) is 31.6 Å². The summed E-state index contributed by atoms with van der Waals surface area (Å²) in [6.07, 6.45) is 4.92. The van der Waals surface area contributed by atoms with E-state index in [4.69, 9.17) is 9.84 Å². The third kappa shape index (κ3) is 3.97. The number of hydrogen-bond donors (Lipinski definition) is 2. The molecule has 1 aliphatic carbocycles. The summed E-state index contributed by atoms with van der Waals surface area (Å²) in [5.74, 6) is 0.0429. The number of benzene rings is 1. The molecule has 0 amide bonds. The van der Waals surface area contributed by atoms with Crippen LogP contribution >= 0.6 is 0 Å². The van der Waals surface area contributed by atoms with E-state index in [1.54, 1.807) is 0 Å². The quantitative estimate of drug-likeness (QED) is 0.766. The van der Waals surface area contributed by atoms with Crippen LogP contribution in [0.2, 0.25) is 0 Å². The molecule has 0 radical (unpaired) electrons. The molecule has 0 saturated heterocycles. The van der Waals surface area contributed by atoms with Gasteiger partial charge in [0, 0.05) is 6.42 Å². The van der Waals surface area contributed by atoms with E-state index in [9.17, 15) is 4.79 Å². The number of carbonyl (C=O) groups is 1. The van der Waals surface area contributed by atoms with Gasteiger partial charge in [0.15, 0.2) is 0 Å². The Kier molecular flexibility index (Phi) is 5.41. The topological polar surface area (TPSA) is 58.6 Å². The van der Waals surface area contributed by atoms with Crippen LogP contribution in [0, 0.1) is 0 Å². The minimum Gasteiger partial charge on any atom is -0.494 e. The number of hydrogen-bond acceptors (Lipinski definition) is 3. The van der Waals surface area contributed by atoms with E-state index in [1.165, 1.54) is 17.5 Å². The van der Waals surface area contributed by atoms with Crippen LogP contribution in [0.3, 0.4) is 0 Å². The molecule has 1 aromatic rings. The Labute approximate surface area is 120 Å². The lowest BCUT2D eigenvalue weighted by molar-refractivity contribution is -0.139. The minimum absolute atomic E-state index is 0.423. The first-order valence-corrected chi connectivity index (χ1v) is 7.41. The van der Waals surface area contributed by atoms with Gasteiger partial charge in [-0.05, 0) is 55.5 Å². The maximum atomic E-state index is 11.1. The molecular formula is C16H23NO3. The first-order chi connectivity index (χ1) is 9.70. The molecule has 0 spiro atoms. The van der Waals surface area contributed by atoms with E-state index >= 15 is 0 Å². The van der Waals surface area contributed by atoms with Crippen LogP contribution in [0.15, 0.2) is 18.2 Å². The number of rotatable bonds is 8. The predicted molar refractivity (Wildman–Crippen MR) is 78.3 cm³/mol. The molecule has 1 unspecified atom stereocenters. The second-order valence-electron chi connectivity index (χ2n) is 5.27. The summed E-state index contributed by atoms with van der Waals surface area (Å²) in [6.45, 7) is 3.16. The summed E-state index contributed by atoms with van der Waals surface area (Å²) < 4.78 is 5.69. The van der Waals surface area contributed by atoms with Gasteiger partial charge in [-0.2, -0.15) is 0 Å². The Balaban J connectivity index is 1.81. The van der Waals surface area contributed by atoms with Gasteiger partial charge < -0.3 is 15.2 Å². The average Bonchev–Trinajstić information content (AvgIpc) is 2.89. The molecule has 1 atom stereocenters. The van der Waals surface area contributed by atoms with E-state index in [2.05, 4.69) is 17.4 Å². The zero-order chi connectivity index (χ0) is 14.4. The van der Waals surface area contributed by atoms with Gasteiger partial charge in [0.25, 0.3) is 0 Å². The fourth-order valence-electron chi connectivity index (χ4n) is 2.56. The van der Waals surface area contributed by atoms with Crippen molar-refractivity contribution in [1.29, 1.82) is 0 Å². The molecule has 1 aliphatic rings. The van der Waals surface area contributed by atoms with Crippen LogP contribution in [0.1, 0.15) is 37.3 Å². The van der Waals surface area contributed by atoms with Gasteiger partial charge in [0.1, 0.15) is 11.8 Å². The number of fused-ring (bicyclic) bond motifs is 1. The number of ether oxygens (including phenoxy) is 1. The van der Waals surface area contributed by atoms with Gasteiger partial charge in [-0.1, -0.05) is 13.0 Å². The maximum absolute atomic E-state index is 11.1. The fraction of sp³-hybridized carbons (Fsp3) is 0.562. The van der Waals surface area contributed by atoms with Gasteiger partial charge in [-0.3, -0.25) is 4.79 Å². The first kappa shape index (κ1) is 14.9. The van der Waals surface area contributed by atoms with Gasteiger partial charge in [0.05, 0.1) is 6.61 Å². The summed E-state index contributed by atoms with van der Waals surface area (Å²) in [7, 11) is 0. The van der Waals surface area contributed by atoms with E-state index in [0.29, 0.717) is 13.0 Å². The van der Waals surface area contributed by atoms with E-state index < -0.39 is 12.0 Å². The monoisotopic (exact) mass is 277 g/mol. The molecule has 0 heterocycles. The molecule has 110 valence electrons. The molecule has 1 aromatic carbocycles. The number of carboxylic acids is 1. The fourth-order valence-corrected chi connectivity index (χ4v) is 2.56. The summed E-state index contributed by atoms with van der Waals surface area (Å²) in [6, 6.07) is 5.68. The van der Waals surface area contributed by atoms with Gasteiger partial charge in [-0.15, -0.1) is 0 Å². The third-order valence-electron chi connectivity index (χ3n) is 3.68. The zero-order valence-corrected chi connectivity index (χ0v) is 12.0. The van der Waals surface area contributed by atoms with Crippen molar-refractivity contribution < 1.29 is 14.6 Å². The summed E-state index contributed by atoms with van der Waals surface area (Å²) in [5, 5.41) is 12.1. The molecule has 0 bridgehead atoms. The predicted octanol–water partition coefficient (Wildman–Crippen LogP) is 2.40. The molecular weight excluding hydrogens is 254 g/mol. The Morgan fingerprint density at radius 3 is 2.95 bits per heavy atom. The largest absolute Gasteiger partial charge is 0.494 e. The van der Waals surface area contributed by atoms with E-state index in [1.807, 2.05) is 13.0 Å². The second kappa shape index (κ2) is 7.29. The minimum atomic E-state index is -0.809. The maximum Gasteiger partial charge on any atom is 0.320 e. The highest BCUT2D eigenvalue weighted by atomic mass is 16.5. The molecule has 2 N–H and O–H groups in total. The summed E-state index contributed by atoms with van der Waals surface area (Å²) in [5.41, 5.74) is 2.80. The van der Waals surface area contributed by atoms with Gasteiger partial charge >= 0.3 is 5.97 Å². The molecule has 2 rings (SSSR count). The van der Waals surface area contributed by atoms with Gasteiger partial charge in [0.2, 0.25) is 0 Å². The molecule has 4 heteroatoms. The lowest BCUT2D eigenvalue weighted by atomic mass is 10.1. The van der Waals surface area contributed by atoms with Crippen molar-refractivity contribution in [2.75, 3.05) is 13.2 Å². The standard InChI is InChI=1S/C16H23NO3/c1-2-9-17-15(16(18)19)8-10-20-14-7-6-12-4-3-5-13(12)11-14/h6-7,11,15,17H,2-5,8-10H2,1H3,(H,18,19). The number of nitrogens with one attached hydrogen (secondary N) is 1. The lowest BCUT2D eigenvalue weighted by Crippen LogP contribution is -2.38. The summed E-state index contributed by atoms with van der Waals surface area (Å²) >= 11 is 0. The van der Waals surface area contributed by atoms with Crippen LogP contribution in [0.25, 0.3) is 0 Å². The van der Waals surface area contributed by atoms with Gasteiger partial charge in [-0.25, -0.2) is 0 Å². The molecule has 4 nitrogen and oxygen atoms in total. The molecule has 0 aliphatic heterocycles. The van der Waals surface area contributed by atoms with Crippen molar-refractivity contribution >= 4 is 5.97 Å². The molecule has 0 saturated carbocycles. The van der Waals surface area contributed by atoms with Crippen molar-refractivity contribution in [3.63, 3.8) is 0 Å². The smallest absolute Gasteiger partial charge is 0.320 e.